The summed E-state index contributed by atoms with van der Waals surface area (Å²) in [6.07, 6.45) is 0. The van der Waals surface area contributed by atoms with Crippen LogP contribution in [0.4, 0.5) is 11.4 Å². The van der Waals surface area contributed by atoms with Gasteiger partial charge in [-0.25, -0.2) is 8.42 Å². The highest BCUT2D eigenvalue weighted by Gasteiger charge is 2.29. The largest absolute Gasteiger partial charge is 0.326 e. The summed E-state index contributed by atoms with van der Waals surface area (Å²) in [5.41, 5.74) is 1.16. The Morgan fingerprint density at radius 1 is 1.24 bits per heavy atom. The molecule has 0 radical (unpaired) electrons. The standard InChI is InChI=1S/C14H21N3O3S/c1-3-21(19,20)17-12-6-4-11(5-7-12)16-14(18)13-9-15-8-10(13)2/h4-7,10,13,15,17H,3,8-9H2,1-2H3,(H,16,18)/t10-,13-/m1/s1. The number of sulfonamides is 1. The second-order valence-electron chi connectivity index (χ2n) is 5.31. The van der Waals surface area contributed by atoms with Crippen LogP contribution < -0.4 is 15.4 Å². The van der Waals surface area contributed by atoms with Gasteiger partial charge < -0.3 is 10.6 Å². The summed E-state index contributed by atoms with van der Waals surface area (Å²) in [7, 11) is -3.27. The maximum atomic E-state index is 12.1. The van der Waals surface area contributed by atoms with Crippen molar-refractivity contribution in [1.29, 1.82) is 0 Å². The van der Waals surface area contributed by atoms with Crippen molar-refractivity contribution in [3.8, 4) is 0 Å². The Bertz CT molecular complexity index is 598. The van der Waals surface area contributed by atoms with Gasteiger partial charge >= 0.3 is 0 Å². The first-order valence-electron chi connectivity index (χ1n) is 7.03. The smallest absolute Gasteiger partial charge is 0.232 e. The molecule has 116 valence electrons. The highest BCUT2D eigenvalue weighted by Crippen LogP contribution is 2.20. The van der Waals surface area contributed by atoms with Crippen molar-refractivity contribution >= 4 is 27.3 Å². The lowest BCUT2D eigenvalue weighted by Crippen LogP contribution is -2.27. The van der Waals surface area contributed by atoms with Gasteiger partial charge in [-0.15, -0.1) is 0 Å². The molecule has 7 heteroatoms. The van der Waals surface area contributed by atoms with E-state index in [4.69, 9.17) is 0 Å². The molecule has 1 aliphatic rings. The first-order chi connectivity index (χ1) is 9.91. The van der Waals surface area contributed by atoms with Crippen molar-refractivity contribution in [2.75, 3.05) is 28.9 Å². The fourth-order valence-electron chi connectivity index (χ4n) is 2.27. The van der Waals surface area contributed by atoms with Gasteiger partial charge in [-0.3, -0.25) is 9.52 Å². The van der Waals surface area contributed by atoms with Crippen LogP contribution in [0.5, 0.6) is 0 Å². The number of hydrogen-bond donors (Lipinski definition) is 3. The molecule has 0 spiro atoms. The van der Waals surface area contributed by atoms with Crippen molar-refractivity contribution in [2.24, 2.45) is 11.8 Å². The predicted octanol–water partition coefficient (Wildman–Crippen LogP) is 1.24. The molecule has 1 aliphatic heterocycles. The van der Waals surface area contributed by atoms with Crippen molar-refractivity contribution in [3.63, 3.8) is 0 Å². The zero-order valence-electron chi connectivity index (χ0n) is 12.2. The van der Waals surface area contributed by atoms with E-state index in [1.165, 1.54) is 0 Å². The van der Waals surface area contributed by atoms with Crippen LogP contribution in [-0.2, 0) is 14.8 Å². The molecule has 0 saturated carbocycles. The molecule has 0 aliphatic carbocycles. The van der Waals surface area contributed by atoms with Gasteiger partial charge in [0.05, 0.1) is 11.7 Å². The molecule has 1 fully saturated rings. The SMILES string of the molecule is CCS(=O)(=O)Nc1ccc(NC(=O)[C@@H]2CNC[C@H]2C)cc1. The van der Waals surface area contributed by atoms with Crippen LogP contribution in [0.2, 0.25) is 0 Å². The molecule has 1 saturated heterocycles. The fourth-order valence-corrected chi connectivity index (χ4v) is 2.91. The summed E-state index contributed by atoms with van der Waals surface area (Å²) in [6, 6.07) is 6.66. The summed E-state index contributed by atoms with van der Waals surface area (Å²) in [5, 5.41) is 6.05. The topological polar surface area (TPSA) is 87.3 Å². The van der Waals surface area contributed by atoms with Gasteiger partial charge in [0.15, 0.2) is 0 Å². The van der Waals surface area contributed by atoms with Crippen molar-refractivity contribution in [3.05, 3.63) is 24.3 Å². The van der Waals surface area contributed by atoms with Gasteiger partial charge in [-0.2, -0.15) is 0 Å². The Hall–Kier alpha value is -1.60. The fraction of sp³-hybridized carbons (Fsp3) is 0.500. The molecule has 0 bridgehead atoms. The third kappa shape index (κ3) is 4.18. The summed E-state index contributed by atoms with van der Waals surface area (Å²) in [6.45, 7) is 5.18. The molecule has 2 rings (SSSR count). The lowest BCUT2D eigenvalue weighted by atomic mass is 9.97. The number of carbonyl (C=O) groups is 1. The Balaban J connectivity index is 1.98. The maximum Gasteiger partial charge on any atom is 0.232 e. The van der Waals surface area contributed by atoms with Crippen LogP contribution in [0.1, 0.15) is 13.8 Å². The van der Waals surface area contributed by atoms with Crippen LogP contribution in [0.15, 0.2) is 24.3 Å². The highest BCUT2D eigenvalue weighted by molar-refractivity contribution is 7.92. The number of nitrogens with one attached hydrogen (secondary N) is 3. The normalized spacial score (nSPS) is 22.0. The monoisotopic (exact) mass is 311 g/mol. The van der Waals surface area contributed by atoms with E-state index < -0.39 is 10.0 Å². The average molecular weight is 311 g/mol. The molecule has 1 aromatic rings. The van der Waals surface area contributed by atoms with Crippen molar-refractivity contribution < 1.29 is 13.2 Å². The zero-order chi connectivity index (χ0) is 15.5. The summed E-state index contributed by atoms with van der Waals surface area (Å²) in [4.78, 5) is 12.1. The highest BCUT2D eigenvalue weighted by atomic mass is 32.2. The van der Waals surface area contributed by atoms with Crippen molar-refractivity contribution in [1.82, 2.24) is 5.32 Å². The number of rotatable bonds is 5. The van der Waals surface area contributed by atoms with Gasteiger partial charge in [0, 0.05) is 17.9 Å². The summed E-state index contributed by atoms with van der Waals surface area (Å²) in [5.74, 6) is 0.316. The lowest BCUT2D eigenvalue weighted by molar-refractivity contribution is -0.120. The first-order valence-corrected chi connectivity index (χ1v) is 8.68. The molecule has 3 N–H and O–H groups in total. The van der Waals surface area contributed by atoms with Gasteiger partial charge in [-0.05, 0) is 43.7 Å². The number of anilines is 2. The van der Waals surface area contributed by atoms with Gasteiger partial charge in [0.25, 0.3) is 0 Å². The van der Waals surface area contributed by atoms with Crippen LogP contribution in [0.3, 0.4) is 0 Å². The predicted molar refractivity (Wildman–Crippen MR) is 83.7 cm³/mol. The van der Waals surface area contributed by atoms with Gasteiger partial charge in [-0.1, -0.05) is 6.92 Å². The van der Waals surface area contributed by atoms with Crippen LogP contribution >= 0.6 is 0 Å². The number of carbonyl (C=O) groups excluding carboxylic acids is 1. The van der Waals surface area contributed by atoms with Crippen LogP contribution in [-0.4, -0.2) is 33.2 Å². The first kappa shape index (κ1) is 15.8. The molecule has 1 aromatic carbocycles. The Kier molecular flexibility index (Phi) is 4.84. The summed E-state index contributed by atoms with van der Waals surface area (Å²) < 4.78 is 25.4. The third-order valence-electron chi connectivity index (χ3n) is 3.66. The van der Waals surface area contributed by atoms with E-state index in [-0.39, 0.29) is 17.6 Å². The van der Waals surface area contributed by atoms with E-state index in [1.807, 2.05) is 6.92 Å². The molecular formula is C14H21N3O3S. The van der Waals surface area contributed by atoms with E-state index >= 15 is 0 Å². The van der Waals surface area contributed by atoms with Crippen molar-refractivity contribution in [2.45, 2.75) is 13.8 Å². The minimum Gasteiger partial charge on any atom is -0.326 e. The molecule has 1 heterocycles. The Morgan fingerprint density at radius 2 is 1.86 bits per heavy atom. The average Bonchev–Trinajstić information content (AvgIpc) is 2.87. The molecular weight excluding hydrogens is 290 g/mol. The zero-order valence-corrected chi connectivity index (χ0v) is 13.0. The molecule has 0 aromatic heterocycles. The quantitative estimate of drug-likeness (QED) is 0.763. The van der Waals surface area contributed by atoms with E-state index in [2.05, 4.69) is 15.4 Å². The minimum absolute atomic E-state index is 0.00520. The number of benzene rings is 1. The lowest BCUT2D eigenvalue weighted by Gasteiger charge is -2.14. The molecule has 1 amide bonds. The van der Waals surface area contributed by atoms with E-state index in [9.17, 15) is 13.2 Å². The van der Waals surface area contributed by atoms with Crippen LogP contribution in [0.25, 0.3) is 0 Å². The molecule has 0 unspecified atom stereocenters. The molecule has 2 atom stereocenters. The second kappa shape index (κ2) is 6.44. The second-order valence-corrected chi connectivity index (χ2v) is 7.33. The number of amides is 1. The maximum absolute atomic E-state index is 12.1. The molecule has 6 nitrogen and oxygen atoms in total. The molecule has 21 heavy (non-hydrogen) atoms. The van der Waals surface area contributed by atoms with E-state index in [0.717, 1.165) is 6.54 Å². The Morgan fingerprint density at radius 3 is 2.38 bits per heavy atom. The number of hydrogen-bond acceptors (Lipinski definition) is 4. The third-order valence-corrected chi connectivity index (χ3v) is 4.97. The van der Waals surface area contributed by atoms with Gasteiger partial charge in [0.2, 0.25) is 15.9 Å². The van der Waals surface area contributed by atoms with Gasteiger partial charge in [0.1, 0.15) is 0 Å². The van der Waals surface area contributed by atoms with Crippen LogP contribution in [0, 0.1) is 11.8 Å². The van der Waals surface area contributed by atoms with E-state index in [0.29, 0.717) is 23.8 Å². The minimum atomic E-state index is -3.27. The Labute approximate surface area is 125 Å². The van der Waals surface area contributed by atoms with E-state index in [1.54, 1.807) is 31.2 Å². The summed E-state index contributed by atoms with van der Waals surface area (Å²) >= 11 is 0.